The zero-order valence-electron chi connectivity index (χ0n) is 14.8. The summed E-state index contributed by atoms with van der Waals surface area (Å²) < 4.78 is 25.1. The Hall–Kier alpha value is -1.44. The number of hydrogen-bond donors (Lipinski definition) is 1. The zero-order chi connectivity index (χ0) is 17.9. The van der Waals surface area contributed by atoms with Gasteiger partial charge in [-0.15, -0.1) is 0 Å². The highest BCUT2D eigenvalue weighted by molar-refractivity contribution is 7.88. The predicted molar refractivity (Wildman–Crippen MR) is 95.3 cm³/mol. The van der Waals surface area contributed by atoms with Gasteiger partial charge in [0.25, 0.3) is 0 Å². The molecule has 1 aliphatic rings. The summed E-state index contributed by atoms with van der Waals surface area (Å²) in [7, 11) is 0.665. The monoisotopic (exact) mass is 353 g/mol. The molecule has 1 heterocycles. The van der Waals surface area contributed by atoms with E-state index in [-0.39, 0.29) is 17.9 Å². The summed E-state index contributed by atoms with van der Waals surface area (Å²) in [4.78, 5) is 14.4. The van der Waals surface area contributed by atoms with Crippen molar-refractivity contribution in [1.29, 1.82) is 0 Å². The minimum absolute atomic E-state index is 0.0617. The van der Waals surface area contributed by atoms with Crippen molar-refractivity contribution in [3.05, 3.63) is 35.4 Å². The molecule has 1 aromatic rings. The van der Waals surface area contributed by atoms with Gasteiger partial charge in [0, 0.05) is 31.6 Å². The van der Waals surface area contributed by atoms with Gasteiger partial charge in [0.15, 0.2) is 0 Å². The molecule has 0 radical (unpaired) electrons. The summed E-state index contributed by atoms with van der Waals surface area (Å²) in [5, 5.41) is 3.04. The molecule has 24 heavy (non-hydrogen) atoms. The molecule has 0 unspecified atom stereocenters. The first-order valence-electron chi connectivity index (χ1n) is 8.10. The lowest BCUT2D eigenvalue weighted by molar-refractivity contribution is -0.121. The minimum Gasteiger partial charge on any atom is -0.351 e. The van der Waals surface area contributed by atoms with Crippen LogP contribution in [0.2, 0.25) is 0 Å². The third-order valence-electron chi connectivity index (χ3n) is 4.43. The van der Waals surface area contributed by atoms with Crippen LogP contribution in [0.15, 0.2) is 24.3 Å². The van der Waals surface area contributed by atoms with E-state index in [4.69, 9.17) is 0 Å². The molecule has 1 amide bonds. The van der Waals surface area contributed by atoms with Crippen molar-refractivity contribution in [3.8, 4) is 0 Å². The maximum absolute atomic E-state index is 12.4. The SMILES string of the molecule is Cc1ccccc1CC(=O)N[C@@H]1CN(S(C)(=O)=O)C[C@H]1CN(C)C. The van der Waals surface area contributed by atoms with Gasteiger partial charge in [0.1, 0.15) is 0 Å². The summed E-state index contributed by atoms with van der Waals surface area (Å²) in [6.45, 7) is 3.52. The van der Waals surface area contributed by atoms with Crippen LogP contribution in [0.4, 0.5) is 0 Å². The Bertz CT molecular complexity index is 688. The molecule has 7 heteroatoms. The molecule has 0 saturated carbocycles. The quantitative estimate of drug-likeness (QED) is 0.807. The van der Waals surface area contributed by atoms with Crippen molar-refractivity contribution in [2.45, 2.75) is 19.4 Å². The third-order valence-corrected chi connectivity index (χ3v) is 5.67. The summed E-state index contributed by atoms with van der Waals surface area (Å²) in [6, 6.07) is 7.65. The van der Waals surface area contributed by atoms with Gasteiger partial charge in [0.2, 0.25) is 15.9 Å². The number of aryl methyl sites for hydroxylation is 1. The summed E-state index contributed by atoms with van der Waals surface area (Å²) in [6.07, 6.45) is 1.54. The number of nitrogens with one attached hydrogen (secondary N) is 1. The molecule has 2 atom stereocenters. The number of sulfonamides is 1. The van der Waals surface area contributed by atoms with Crippen molar-refractivity contribution in [3.63, 3.8) is 0 Å². The fraction of sp³-hybridized carbons (Fsp3) is 0.588. The number of nitrogens with zero attached hydrogens (tertiary/aromatic N) is 2. The van der Waals surface area contributed by atoms with Crippen LogP contribution >= 0.6 is 0 Å². The van der Waals surface area contributed by atoms with E-state index in [0.717, 1.165) is 17.7 Å². The van der Waals surface area contributed by atoms with E-state index in [0.29, 0.717) is 19.5 Å². The Labute approximate surface area is 144 Å². The molecule has 134 valence electrons. The second kappa shape index (κ2) is 7.63. The number of carbonyl (C=O) groups excluding carboxylic acids is 1. The van der Waals surface area contributed by atoms with E-state index in [1.807, 2.05) is 50.2 Å². The van der Waals surface area contributed by atoms with Gasteiger partial charge in [-0.25, -0.2) is 8.42 Å². The Morgan fingerprint density at radius 2 is 1.96 bits per heavy atom. The minimum atomic E-state index is -3.24. The molecule has 6 nitrogen and oxygen atoms in total. The van der Waals surface area contributed by atoms with Crippen molar-refractivity contribution in [1.82, 2.24) is 14.5 Å². The molecule has 0 bridgehead atoms. The number of amides is 1. The van der Waals surface area contributed by atoms with Gasteiger partial charge in [-0.3, -0.25) is 4.79 Å². The lowest BCUT2D eigenvalue weighted by atomic mass is 10.0. The first kappa shape index (κ1) is 18.9. The average Bonchev–Trinajstić information content (AvgIpc) is 2.83. The van der Waals surface area contributed by atoms with Crippen molar-refractivity contribution in [2.24, 2.45) is 5.92 Å². The summed E-state index contributed by atoms with van der Waals surface area (Å²) >= 11 is 0. The van der Waals surface area contributed by atoms with Gasteiger partial charge in [-0.1, -0.05) is 24.3 Å². The van der Waals surface area contributed by atoms with Crippen LogP contribution < -0.4 is 5.32 Å². The maximum atomic E-state index is 12.4. The molecule has 1 fully saturated rings. The smallest absolute Gasteiger partial charge is 0.224 e. The van der Waals surface area contributed by atoms with Crippen LogP contribution in [0.1, 0.15) is 11.1 Å². The highest BCUT2D eigenvalue weighted by atomic mass is 32.2. The van der Waals surface area contributed by atoms with Crippen molar-refractivity contribution < 1.29 is 13.2 Å². The molecule has 1 saturated heterocycles. The largest absolute Gasteiger partial charge is 0.351 e. The molecular formula is C17H27N3O3S. The third kappa shape index (κ3) is 5.03. The van der Waals surface area contributed by atoms with Crippen molar-refractivity contribution >= 4 is 15.9 Å². The lowest BCUT2D eigenvalue weighted by Crippen LogP contribution is -2.44. The van der Waals surface area contributed by atoms with Gasteiger partial charge >= 0.3 is 0 Å². The van der Waals surface area contributed by atoms with Gasteiger partial charge < -0.3 is 10.2 Å². The second-order valence-electron chi connectivity index (χ2n) is 6.88. The van der Waals surface area contributed by atoms with Crippen LogP contribution in [0.3, 0.4) is 0 Å². The molecule has 1 aliphatic heterocycles. The fourth-order valence-corrected chi connectivity index (χ4v) is 4.05. The number of benzene rings is 1. The van der Waals surface area contributed by atoms with E-state index in [1.54, 1.807) is 0 Å². The summed E-state index contributed by atoms with van der Waals surface area (Å²) in [5.41, 5.74) is 2.08. The predicted octanol–water partition coefficient (Wildman–Crippen LogP) is 0.475. The normalized spacial score (nSPS) is 22.0. The number of rotatable bonds is 6. The van der Waals surface area contributed by atoms with E-state index in [2.05, 4.69) is 5.32 Å². The molecule has 0 spiro atoms. The fourth-order valence-electron chi connectivity index (χ4n) is 3.16. The molecule has 2 rings (SSSR count). The second-order valence-corrected chi connectivity index (χ2v) is 8.86. The number of hydrogen-bond acceptors (Lipinski definition) is 4. The van der Waals surface area contributed by atoms with E-state index >= 15 is 0 Å². The Kier molecular flexibility index (Phi) is 6.01. The topological polar surface area (TPSA) is 69.7 Å². The van der Waals surface area contributed by atoms with Crippen LogP contribution in [-0.2, 0) is 21.2 Å². The molecule has 0 aliphatic carbocycles. The maximum Gasteiger partial charge on any atom is 0.224 e. The Morgan fingerprint density at radius 1 is 1.29 bits per heavy atom. The zero-order valence-corrected chi connectivity index (χ0v) is 15.6. The van der Waals surface area contributed by atoms with E-state index in [9.17, 15) is 13.2 Å². The van der Waals surface area contributed by atoms with Crippen molar-refractivity contribution in [2.75, 3.05) is 40.0 Å². The van der Waals surface area contributed by atoms with E-state index in [1.165, 1.54) is 10.6 Å². The lowest BCUT2D eigenvalue weighted by Gasteiger charge is -2.23. The molecule has 1 N–H and O–H groups in total. The van der Waals surface area contributed by atoms with Crippen LogP contribution in [0.5, 0.6) is 0 Å². The average molecular weight is 353 g/mol. The molecular weight excluding hydrogens is 326 g/mol. The highest BCUT2D eigenvalue weighted by Crippen LogP contribution is 2.20. The van der Waals surface area contributed by atoms with E-state index < -0.39 is 10.0 Å². The van der Waals surface area contributed by atoms with Crippen LogP contribution in [0, 0.1) is 12.8 Å². The Balaban J connectivity index is 2.04. The Morgan fingerprint density at radius 3 is 2.54 bits per heavy atom. The van der Waals surface area contributed by atoms with Gasteiger partial charge in [0.05, 0.1) is 12.7 Å². The highest BCUT2D eigenvalue weighted by Gasteiger charge is 2.37. The first-order chi connectivity index (χ1) is 11.2. The van der Waals surface area contributed by atoms with Crippen LogP contribution in [0.25, 0.3) is 0 Å². The molecule has 1 aromatic carbocycles. The molecule has 0 aromatic heterocycles. The first-order valence-corrected chi connectivity index (χ1v) is 9.95. The standard InChI is InChI=1S/C17H27N3O3S/c1-13-7-5-6-8-14(13)9-17(21)18-16-12-20(24(4,22)23)11-15(16)10-19(2)3/h5-8,15-16H,9-12H2,1-4H3,(H,18,21)/t15-,16-/m1/s1. The summed E-state index contributed by atoms with van der Waals surface area (Å²) in [5.74, 6) is 0.0314. The number of carbonyl (C=O) groups is 1. The van der Waals surface area contributed by atoms with Gasteiger partial charge in [-0.05, 0) is 32.1 Å². The van der Waals surface area contributed by atoms with Gasteiger partial charge in [-0.2, -0.15) is 4.31 Å². The van der Waals surface area contributed by atoms with Crippen LogP contribution in [-0.4, -0.2) is 69.6 Å².